The lowest BCUT2D eigenvalue weighted by molar-refractivity contribution is 0.368. The predicted molar refractivity (Wildman–Crippen MR) is 70.1 cm³/mol. The van der Waals surface area contributed by atoms with Gasteiger partial charge in [-0.1, -0.05) is 12.0 Å². The van der Waals surface area contributed by atoms with Crippen molar-refractivity contribution < 1.29 is 4.74 Å². The van der Waals surface area contributed by atoms with E-state index in [1.807, 2.05) is 20.0 Å². The van der Waals surface area contributed by atoms with Gasteiger partial charge >= 0.3 is 0 Å². The lowest BCUT2D eigenvalue weighted by Gasteiger charge is -2.25. The molecule has 1 aliphatic carbocycles. The fraction of sp³-hybridized carbons (Fsp3) is 0.467. The molecule has 1 N–H and O–H groups in total. The summed E-state index contributed by atoms with van der Waals surface area (Å²) < 4.78 is 5.59. The zero-order valence-corrected chi connectivity index (χ0v) is 10.5. The van der Waals surface area contributed by atoms with E-state index in [1.54, 1.807) is 0 Å². The van der Waals surface area contributed by atoms with Crippen LogP contribution in [0.3, 0.4) is 0 Å². The van der Waals surface area contributed by atoms with Crippen molar-refractivity contribution in [2.45, 2.75) is 32.2 Å². The average molecular weight is 229 g/mol. The molecule has 0 spiro atoms. The zero-order chi connectivity index (χ0) is 12.1. The number of benzene rings is 1. The molecule has 2 rings (SSSR count). The summed E-state index contributed by atoms with van der Waals surface area (Å²) in [6.07, 6.45) is 3.63. The molecule has 0 aliphatic heterocycles. The van der Waals surface area contributed by atoms with Gasteiger partial charge in [-0.25, -0.2) is 0 Å². The molecule has 0 saturated heterocycles. The average Bonchev–Trinajstić information content (AvgIpc) is 2.38. The Labute approximate surface area is 103 Å². The van der Waals surface area contributed by atoms with Gasteiger partial charge in [-0.15, -0.1) is 5.92 Å². The van der Waals surface area contributed by atoms with Crippen LogP contribution in [-0.2, 0) is 6.42 Å². The summed E-state index contributed by atoms with van der Waals surface area (Å²) in [5, 5.41) is 3.37. The van der Waals surface area contributed by atoms with Crippen LogP contribution in [0, 0.1) is 11.8 Å². The highest BCUT2D eigenvalue weighted by Crippen LogP contribution is 2.31. The lowest BCUT2D eigenvalue weighted by atomic mass is 9.87. The van der Waals surface area contributed by atoms with Crippen LogP contribution in [0.25, 0.3) is 0 Å². The van der Waals surface area contributed by atoms with E-state index in [0.29, 0.717) is 12.6 Å². The molecule has 1 aromatic rings. The Balaban J connectivity index is 2.15. The van der Waals surface area contributed by atoms with Crippen molar-refractivity contribution in [1.29, 1.82) is 0 Å². The Morgan fingerprint density at radius 2 is 2.35 bits per heavy atom. The number of ether oxygens (including phenoxy) is 1. The molecule has 0 radical (unpaired) electrons. The van der Waals surface area contributed by atoms with Gasteiger partial charge in [0, 0.05) is 6.04 Å². The van der Waals surface area contributed by atoms with Gasteiger partial charge < -0.3 is 10.1 Å². The first-order valence-electron chi connectivity index (χ1n) is 6.17. The van der Waals surface area contributed by atoms with Crippen molar-refractivity contribution in [3.8, 4) is 17.6 Å². The molecule has 0 fully saturated rings. The third-order valence-corrected chi connectivity index (χ3v) is 3.27. The van der Waals surface area contributed by atoms with Crippen LogP contribution in [-0.4, -0.2) is 13.7 Å². The highest BCUT2D eigenvalue weighted by Gasteiger charge is 2.18. The minimum absolute atomic E-state index is 0.477. The molecule has 2 nitrogen and oxygen atoms in total. The Hall–Kier alpha value is -1.46. The molecule has 1 atom stereocenters. The molecule has 1 aromatic carbocycles. The molecule has 0 amide bonds. The van der Waals surface area contributed by atoms with Gasteiger partial charge in [0.25, 0.3) is 0 Å². The van der Waals surface area contributed by atoms with Gasteiger partial charge in [0.2, 0.25) is 0 Å². The van der Waals surface area contributed by atoms with E-state index < -0.39 is 0 Å². The highest BCUT2D eigenvalue weighted by atomic mass is 16.5. The van der Waals surface area contributed by atoms with Crippen molar-refractivity contribution in [2.75, 3.05) is 13.7 Å². The molecular weight excluding hydrogens is 210 g/mol. The number of hydrogen-bond acceptors (Lipinski definition) is 2. The minimum atomic E-state index is 0.477. The fourth-order valence-corrected chi connectivity index (χ4v) is 2.37. The number of aryl methyl sites for hydroxylation is 1. The zero-order valence-electron chi connectivity index (χ0n) is 10.5. The number of nitrogens with one attached hydrogen (secondary N) is 1. The second kappa shape index (κ2) is 5.75. The maximum atomic E-state index is 5.59. The molecule has 1 unspecified atom stereocenters. The van der Waals surface area contributed by atoms with Gasteiger partial charge in [0.05, 0.1) is 0 Å². The number of rotatable bonds is 3. The molecule has 2 heteroatoms. The Morgan fingerprint density at radius 1 is 1.47 bits per heavy atom. The highest BCUT2D eigenvalue weighted by molar-refractivity contribution is 5.39. The van der Waals surface area contributed by atoms with Crippen molar-refractivity contribution in [2.24, 2.45) is 0 Å². The predicted octanol–water partition coefficient (Wildman–Crippen LogP) is 2.69. The smallest absolute Gasteiger partial charge is 0.149 e. The Kier molecular flexibility index (Phi) is 4.06. The second-order valence-electron chi connectivity index (χ2n) is 4.31. The van der Waals surface area contributed by atoms with Crippen LogP contribution >= 0.6 is 0 Å². The van der Waals surface area contributed by atoms with E-state index in [2.05, 4.69) is 29.3 Å². The third kappa shape index (κ3) is 2.81. The summed E-state index contributed by atoms with van der Waals surface area (Å²) >= 11 is 0. The van der Waals surface area contributed by atoms with E-state index >= 15 is 0 Å². The number of hydrogen-bond donors (Lipinski definition) is 1. The first-order chi connectivity index (χ1) is 8.35. The van der Waals surface area contributed by atoms with Crippen molar-refractivity contribution in [3.63, 3.8) is 0 Å². The Morgan fingerprint density at radius 3 is 3.12 bits per heavy atom. The molecule has 0 aromatic heterocycles. The van der Waals surface area contributed by atoms with E-state index in [-0.39, 0.29) is 0 Å². The normalized spacial score (nSPS) is 17.9. The molecule has 90 valence electrons. The molecule has 0 heterocycles. The topological polar surface area (TPSA) is 21.3 Å². The summed E-state index contributed by atoms with van der Waals surface area (Å²) in [7, 11) is 2.03. The van der Waals surface area contributed by atoms with Crippen LogP contribution in [0.5, 0.6) is 5.75 Å². The van der Waals surface area contributed by atoms with E-state index in [4.69, 9.17) is 4.74 Å². The summed E-state index contributed by atoms with van der Waals surface area (Å²) in [5.41, 5.74) is 2.84. The Bertz CT molecular complexity index is 442. The first-order valence-corrected chi connectivity index (χ1v) is 6.17. The maximum absolute atomic E-state index is 5.59. The molecule has 0 bridgehead atoms. The summed E-state index contributed by atoms with van der Waals surface area (Å²) in [6.45, 7) is 2.30. The van der Waals surface area contributed by atoms with Crippen LogP contribution < -0.4 is 10.1 Å². The van der Waals surface area contributed by atoms with E-state index in [9.17, 15) is 0 Å². The molecule has 1 aliphatic rings. The van der Waals surface area contributed by atoms with Gasteiger partial charge in [0.1, 0.15) is 12.4 Å². The lowest BCUT2D eigenvalue weighted by Crippen LogP contribution is -2.21. The first kappa shape index (κ1) is 12.0. The summed E-state index contributed by atoms with van der Waals surface area (Å²) in [6, 6.07) is 6.90. The van der Waals surface area contributed by atoms with Crippen LogP contribution in [0.1, 0.15) is 36.9 Å². The third-order valence-electron chi connectivity index (χ3n) is 3.27. The monoisotopic (exact) mass is 229 g/mol. The van der Waals surface area contributed by atoms with Crippen LogP contribution in [0.4, 0.5) is 0 Å². The van der Waals surface area contributed by atoms with E-state index in [0.717, 1.165) is 12.2 Å². The summed E-state index contributed by atoms with van der Waals surface area (Å²) in [4.78, 5) is 0. The van der Waals surface area contributed by atoms with Crippen molar-refractivity contribution in [3.05, 3.63) is 29.3 Å². The molecule has 17 heavy (non-hydrogen) atoms. The van der Waals surface area contributed by atoms with Crippen LogP contribution in [0.15, 0.2) is 18.2 Å². The number of fused-ring (bicyclic) bond motifs is 1. The van der Waals surface area contributed by atoms with Crippen molar-refractivity contribution >= 4 is 0 Å². The quantitative estimate of drug-likeness (QED) is 0.805. The fourth-order valence-electron chi connectivity index (χ4n) is 2.37. The van der Waals surface area contributed by atoms with Crippen LogP contribution in [0.2, 0.25) is 0 Å². The van der Waals surface area contributed by atoms with E-state index in [1.165, 1.54) is 24.0 Å². The van der Waals surface area contributed by atoms with Gasteiger partial charge in [-0.2, -0.15) is 0 Å². The van der Waals surface area contributed by atoms with Gasteiger partial charge in [-0.05, 0) is 56.5 Å². The van der Waals surface area contributed by atoms with Gasteiger partial charge in [0.15, 0.2) is 0 Å². The minimum Gasteiger partial charge on any atom is -0.481 e. The van der Waals surface area contributed by atoms with Gasteiger partial charge in [-0.3, -0.25) is 0 Å². The maximum Gasteiger partial charge on any atom is 0.149 e. The largest absolute Gasteiger partial charge is 0.481 e. The molecular formula is C15H19NO. The SMILES string of the molecule is CC#CCOc1ccc2c(c1)CCCC2NC. The standard InChI is InChI=1S/C15H19NO/c1-3-4-10-17-13-8-9-14-12(11-13)6-5-7-15(14)16-2/h8-9,11,15-16H,5-7,10H2,1-2H3. The second-order valence-corrected chi connectivity index (χ2v) is 4.31. The molecule has 0 saturated carbocycles. The summed E-state index contributed by atoms with van der Waals surface area (Å²) in [5.74, 6) is 6.68. The van der Waals surface area contributed by atoms with Crippen molar-refractivity contribution in [1.82, 2.24) is 5.32 Å².